The molecule has 1 aromatic rings. The first-order chi connectivity index (χ1) is 6.36. The number of nitrogens with zero attached hydrogens (tertiary/aromatic N) is 2. The molecule has 0 unspecified atom stereocenters. The van der Waals surface area contributed by atoms with Gasteiger partial charge in [0.05, 0.1) is 6.10 Å². The van der Waals surface area contributed by atoms with Crippen LogP contribution in [0, 0.1) is 0 Å². The summed E-state index contributed by atoms with van der Waals surface area (Å²) in [7, 11) is 0. The maximum Gasteiger partial charge on any atom is 0.128 e. The molecule has 1 N–H and O–H groups in total. The summed E-state index contributed by atoms with van der Waals surface area (Å²) in [6.45, 7) is 1.73. The molecule has 0 bridgehead atoms. The van der Waals surface area contributed by atoms with Crippen LogP contribution in [0.3, 0.4) is 0 Å². The van der Waals surface area contributed by atoms with Crippen molar-refractivity contribution >= 4 is 5.82 Å². The Labute approximate surface area is 78.0 Å². The first kappa shape index (κ1) is 8.51. The minimum Gasteiger partial charge on any atom is -0.391 e. The lowest BCUT2D eigenvalue weighted by atomic mass is 10.1. The Kier molecular flexibility index (Phi) is 2.45. The summed E-state index contributed by atoms with van der Waals surface area (Å²) < 4.78 is 0. The molecule has 1 aliphatic rings. The van der Waals surface area contributed by atoms with Crippen molar-refractivity contribution in [3.63, 3.8) is 0 Å². The van der Waals surface area contributed by atoms with Crippen molar-refractivity contribution in [2.24, 2.45) is 0 Å². The molecule has 1 atom stereocenters. The van der Waals surface area contributed by atoms with E-state index in [1.54, 1.807) is 6.20 Å². The van der Waals surface area contributed by atoms with Crippen molar-refractivity contribution in [1.82, 2.24) is 4.98 Å². The number of rotatable bonds is 1. The number of piperidine rings is 1. The number of hydrogen-bond donors (Lipinski definition) is 1. The van der Waals surface area contributed by atoms with Crippen molar-refractivity contribution < 1.29 is 5.11 Å². The van der Waals surface area contributed by atoms with Crippen LogP contribution in [0.1, 0.15) is 12.8 Å². The van der Waals surface area contributed by atoms with Crippen LogP contribution in [0.15, 0.2) is 24.4 Å². The molecule has 0 spiro atoms. The molecule has 1 aromatic heterocycles. The van der Waals surface area contributed by atoms with Gasteiger partial charge < -0.3 is 10.0 Å². The lowest BCUT2D eigenvalue weighted by molar-refractivity contribution is 0.154. The highest BCUT2D eigenvalue weighted by Crippen LogP contribution is 2.16. The lowest BCUT2D eigenvalue weighted by Gasteiger charge is -2.30. The lowest BCUT2D eigenvalue weighted by Crippen LogP contribution is -2.38. The molecular formula is C10H14N2O. The molecule has 0 radical (unpaired) electrons. The van der Waals surface area contributed by atoms with E-state index in [9.17, 15) is 5.11 Å². The standard InChI is InChI=1S/C10H14N2O/c13-9-4-3-7-12(8-9)10-5-1-2-6-11-10/h1-2,5-6,9,13H,3-4,7-8H2/t9-/m1/s1. The number of aromatic nitrogens is 1. The van der Waals surface area contributed by atoms with E-state index in [0.717, 1.165) is 31.7 Å². The van der Waals surface area contributed by atoms with Gasteiger partial charge in [0.25, 0.3) is 0 Å². The Morgan fingerprint density at radius 2 is 2.38 bits per heavy atom. The van der Waals surface area contributed by atoms with E-state index in [0.29, 0.717) is 0 Å². The quantitative estimate of drug-likeness (QED) is 0.698. The molecule has 1 aliphatic heterocycles. The smallest absolute Gasteiger partial charge is 0.128 e. The monoisotopic (exact) mass is 178 g/mol. The second kappa shape index (κ2) is 3.75. The van der Waals surface area contributed by atoms with Gasteiger partial charge in [-0.15, -0.1) is 0 Å². The topological polar surface area (TPSA) is 36.4 Å². The van der Waals surface area contributed by atoms with Crippen molar-refractivity contribution in [2.75, 3.05) is 18.0 Å². The minimum atomic E-state index is -0.184. The van der Waals surface area contributed by atoms with Crippen molar-refractivity contribution in [3.05, 3.63) is 24.4 Å². The molecule has 2 rings (SSSR count). The summed E-state index contributed by atoms with van der Waals surface area (Å²) in [4.78, 5) is 6.38. The summed E-state index contributed by atoms with van der Waals surface area (Å²) in [5.41, 5.74) is 0. The van der Waals surface area contributed by atoms with Gasteiger partial charge >= 0.3 is 0 Å². The predicted octanol–water partition coefficient (Wildman–Crippen LogP) is 1.04. The van der Waals surface area contributed by atoms with E-state index in [4.69, 9.17) is 0 Å². The Balaban J connectivity index is 2.08. The van der Waals surface area contributed by atoms with E-state index in [1.165, 1.54) is 0 Å². The molecule has 0 amide bonds. The van der Waals surface area contributed by atoms with Crippen LogP contribution in [0.5, 0.6) is 0 Å². The SMILES string of the molecule is O[C@@H]1CCCN(c2ccccn2)C1. The molecule has 1 fully saturated rings. The first-order valence-electron chi connectivity index (χ1n) is 4.70. The van der Waals surface area contributed by atoms with Gasteiger partial charge in [0, 0.05) is 19.3 Å². The number of pyridine rings is 1. The summed E-state index contributed by atoms with van der Waals surface area (Å²) in [6, 6.07) is 5.87. The summed E-state index contributed by atoms with van der Waals surface area (Å²) in [5, 5.41) is 9.47. The molecular weight excluding hydrogens is 164 g/mol. The highest BCUT2D eigenvalue weighted by Gasteiger charge is 2.17. The van der Waals surface area contributed by atoms with E-state index in [1.807, 2.05) is 18.2 Å². The normalized spacial score (nSPS) is 23.2. The van der Waals surface area contributed by atoms with Crippen LogP contribution in [-0.2, 0) is 0 Å². The van der Waals surface area contributed by atoms with Gasteiger partial charge in [-0.25, -0.2) is 4.98 Å². The third-order valence-electron chi connectivity index (χ3n) is 2.37. The van der Waals surface area contributed by atoms with Crippen LogP contribution in [0.2, 0.25) is 0 Å². The van der Waals surface area contributed by atoms with Crippen molar-refractivity contribution in [1.29, 1.82) is 0 Å². The molecule has 3 nitrogen and oxygen atoms in total. The summed E-state index contributed by atoms with van der Waals surface area (Å²) in [5.74, 6) is 0.973. The Morgan fingerprint density at radius 1 is 1.46 bits per heavy atom. The zero-order valence-electron chi connectivity index (χ0n) is 7.56. The van der Waals surface area contributed by atoms with Gasteiger partial charge in [-0.05, 0) is 25.0 Å². The fourth-order valence-electron chi connectivity index (χ4n) is 1.70. The average Bonchev–Trinajstić information content (AvgIpc) is 2.19. The Bertz CT molecular complexity index is 263. The summed E-state index contributed by atoms with van der Waals surface area (Å²) in [6.07, 6.45) is 3.58. The number of anilines is 1. The zero-order chi connectivity index (χ0) is 9.10. The van der Waals surface area contributed by atoms with Crippen LogP contribution in [-0.4, -0.2) is 29.3 Å². The Morgan fingerprint density at radius 3 is 3.08 bits per heavy atom. The van der Waals surface area contributed by atoms with Crippen LogP contribution in [0.25, 0.3) is 0 Å². The number of hydrogen-bond acceptors (Lipinski definition) is 3. The highest BCUT2D eigenvalue weighted by molar-refractivity contribution is 5.38. The largest absolute Gasteiger partial charge is 0.391 e. The van der Waals surface area contributed by atoms with Crippen molar-refractivity contribution in [2.45, 2.75) is 18.9 Å². The maximum atomic E-state index is 9.47. The number of aliphatic hydroxyl groups is 1. The van der Waals surface area contributed by atoms with E-state index in [2.05, 4.69) is 9.88 Å². The number of aliphatic hydroxyl groups excluding tert-OH is 1. The zero-order valence-corrected chi connectivity index (χ0v) is 7.56. The molecule has 1 saturated heterocycles. The van der Waals surface area contributed by atoms with Gasteiger partial charge in [0.2, 0.25) is 0 Å². The highest BCUT2D eigenvalue weighted by atomic mass is 16.3. The predicted molar refractivity (Wildman–Crippen MR) is 51.7 cm³/mol. The first-order valence-corrected chi connectivity index (χ1v) is 4.70. The molecule has 0 aromatic carbocycles. The molecule has 70 valence electrons. The van der Waals surface area contributed by atoms with E-state index < -0.39 is 0 Å². The summed E-state index contributed by atoms with van der Waals surface area (Å²) >= 11 is 0. The van der Waals surface area contributed by atoms with E-state index in [-0.39, 0.29) is 6.10 Å². The fourth-order valence-corrected chi connectivity index (χ4v) is 1.70. The second-order valence-corrected chi connectivity index (χ2v) is 3.43. The fraction of sp³-hybridized carbons (Fsp3) is 0.500. The molecule has 0 saturated carbocycles. The molecule has 0 aliphatic carbocycles. The Hall–Kier alpha value is -1.09. The van der Waals surface area contributed by atoms with Gasteiger partial charge in [0.1, 0.15) is 5.82 Å². The third kappa shape index (κ3) is 1.98. The van der Waals surface area contributed by atoms with Crippen LogP contribution in [0.4, 0.5) is 5.82 Å². The van der Waals surface area contributed by atoms with Crippen LogP contribution >= 0.6 is 0 Å². The van der Waals surface area contributed by atoms with Crippen molar-refractivity contribution in [3.8, 4) is 0 Å². The molecule has 2 heterocycles. The number of β-amino-alcohol motifs (C(OH)–C–C–N with tert-alkyl or cyclic N) is 1. The van der Waals surface area contributed by atoms with Gasteiger partial charge in [-0.2, -0.15) is 0 Å². The maximum absolute atomic E-state index is 9.47. The molecule has 13 heavy (non-hydrogen) atoms. The third-order valence-corrected chi connectivity index (χ3v) is 2.37. The minimum absolute atomic E-state index is 0.184. The van der Waals surface area contributed by atoms with Gasteiger partial charge in [0.15, 0.2) is 0 Å². The molecule has 3 heteroatoms. The second-order valence-electron chi connectivity index (χ2n) is 3.43. The van der Waals surface area contributed by atoms with Gasteiger partial charge in [-0.3, -0.25) is 0 Å². The van der Waals surface area contributed by atoms with Crippen LogP contribution < -0.4 is 4.90 Å². The van der Waals surface area contributed by atoms with Gasteiger partial charge in [-0.1, -0.05) is 6.07 Å². The van der Waals surface area contributed by atoms with E-state index >= 15 is 0 Å². The average molecular weight is 178 g/mol.